The van der Waals surface area contributed by atoms with E-state index in [-0.39, 0.29) is 39.2 Å². The van der Waals surface area contributed by atoms with Gasteiger partial charge in [-0.15, -0.1) is 0 Å². The highest BCUT2D eigenvalue weighted by Crippen LogP contribution is 2.49. The number of Topliss-reactive ketones (excluding diaryl/α,β-unsaturated/α-hetero) is 1. The van der Waals surface area contributed by atoms with E-state index in [4.69, 9.17) is 9.15 Å². The summed E-state index contributed by atoms with van der Waals surface area (Å²) in [5.74, 6) is -0.158. The lowest BCUT2D eigenvalue weighted by Crippen LogP contribution is -2.21. The number of ether oxygens (including phenoxy) is 1. The zero-order valence-corrected chi connectivity index (χ0v) is 21.3. The third-order valence-electron chi connectivity index (χ3n) is 7.07. The lowest BCUT2D eigenvalue weighted by atomic mass is 9.85. The third-order valence-corrected chi connectivity index (χ3v) is 8.46. The highest BCUT2D eigenvalue weighted by atomic mass is 32.2. The van der Waals surface area contributed by atoms with Crippen molar-refractivity contribution in [1.82, 2.24) is 0 Å². The summed E-state index contributed by atoms with van der Waals surface area (Å²) in [5, 5.41) is 11.3. The number of anilines is 1. The Kier molecular flexibility index (Phi) is 6.81. The number of sulfonamides is 1. The standard InChI is InChI=1S/C28H29NO7S/c1-35-20-12-14-21(15-13-20)37(33,34)29-19-7-5-6-18(16-19)24(17-10-11-17)26-27(31)25-22(30)8-3-2-4-9-23(25)36-28(26)32/h5-7,12-17,24,29,31H,2-4,8-11H2,1H3. The minimum atomic E-state index is -3.87. The second kappa shape index (κ2) is 10.0. The molecule has 194 valence electrons. The van der Waals surface area contributed by atoms with Gasteiger partial charge in [0.1, 0.15) is 17.3 Å². The molecule has 0 aliphatic heterocycles. The molecule has 1 heterocycles. The Bertz CT molecular complexity index is 1490. The largest absolute Gasteiger partial charge is 0.506 e. The van der Waals surface area contributed by atoms with E-state index in [2.05, 4.69) is 4.72 Å². The summed E-state index contributed by atoms with van der Waals surface area (Å²) in [6.07, 6.45) is 4.79. The lowest BCUT2D eigenvalue weighted by Gasteiger charge is -2.21. The van der Waals surface area contributed by atoms with Gasteiger partial charge in [0.15, 0.2) is 5.78 Å². The van der Waals surface area contributed by atoms with E-state index in [0.717, 1.165) is 32.1 Å². The SMILES string of the molecule is COc1ccc(S(=O)(=O)Nc2cccc(C(c3c(O)c4c(oc3=O)CCCCCC4=O)C3CC3)c2)cc1. The molecule has 9 heteroatoms. The van der Waals surface area contributed by atoms with E-state index in [1.165, 1.54) is 19.2 Å². The first-order chi connectivity index (χ1) is 17.8. The summed E-state index contributed by atoms with van der Waals surface area (Å²) >= 11 is 0. The number of fused-ring (bicyclic) bond motifs is 1. The van der Waals surface area contributed by atoms with Gasteiger partial charge in [0, 0.05) is 24.4 Å². The van der Waals surface area contributed by atoms with Gasteiger partial charge in [0.2, 0.25) is 0 Å². The molecule has 1 atom stereocenters. The minimum absolute atomic E-state index is 0.0731. The number of hydrogen-bond acceptors (Lipinski definition) is 7. The molecular formula is C28H29NO7S. The fourth-order valence-corrected chi connectivity index (χ4v) is 6.11. The molecule has 2 aliphatic rings. The second-order valence-corrected chi connectivity index (χ2v) is 11.3. The summed E-state index contributed by atoms with van der Waals surface area (Å²) in [4.78, 5) is 26.1. The Labute approximate surface area is 215 Å². The highest BCUT2D eigenvalue weighted by molar-refractivity contribution is 7.92. The second-order valence-electron chi connectivity index (χ2n) is 9.66. The van der Waals surface area contributed by atoms with Crippen molar-refractivity contribution < 1.29 is 27.5 Å². The Balaban J connectivity index is 1.52. The molecule has 2 N–H and O–H groups in total. The normalized spacial score (nSPS) is 16.8. The van der Waals surface area contributed by atoms with Gasteiger partial charge >= 0.3 is 5.63 Å². The number of ketones is 1. The number of rotatable bonds is 7. The monoisotopic (exact) mass is 523 g/mol. The number of nitrogens with one attached hydrogen (secondary N) is 1. The van der Waals surface area contributed by atoms with Crippen LogP contribution < -0.4 is 15.1 Å². The summed E-state index contributed by atoms with van der Waals surface area (Å²) in [6.45, 7) is 0. The zero-order chi connectivity index (χ0) is 26.2. The molecule has 1 fully saturated rings. The van der Waals surface area contributed by atoms with E-state index in [0.29, 0.717) is 29.8 Å². The fourth-order valence-electron chi connectivity index (χ4n) is 5.06. The molecule has 2 aromatic carbocycles. The summed E-state index contributed by atoms with van der Waals surface area (Å²) in [7, 11) is -2.37. The van der Waals surface area contributed by atoms with E-state index in [9.17, 15) is 23.1 Å². The van der Waals surface area contributed by atoms with E-state index in [1.807, 2.05) is 0 Å². The molecule has 37 heavy (non-hydrogen) atoms. The van der Waals surface area contributed by atoms with Crippen LogP contribution in [0.15, 0.2) is 62.6 Å². The average Bonchev–Trinajstić information content (AvgIpc) is 3.70. The molecule has 0 radical (unpaired) electrons. The van der Waals surface area contributed by atoms with Crippen LogP contribution in [0.1, 0.15) is 71.7 Å². The number of methoxy groups -OCH3 is 1. The smallest absolute Gasteiger partial charge is 0.343 e. The van der Waals surface area contributed by atoms with E-state index < -0.39 is 21.6 Å². The van der Waals surface area contributed by atoms with Gasteiger partial charge in [0.25, 0.3) is 10.0 Å². The number of carbonyl (C=O) groups excluding carboxylic acids is 1. The van der Waals surface area contributed by atoms with Crippen LogP contribution in [-0.4, -0.2) is 26.4 Å². The predicted molar refractivity (Wildman–Crippen MR) is 138 cm³/mol. The van der Waals surface area contributed by atoms with Crippen molar-refractivity contribution in [3.05, 3.63) is 81.4 Å². The maximum atomic E-state index is 13.2. The van der Waals surface area contributed by atoms with Crippen molar-refractivity contribution in [2.45, 2.75) is 55.8 Å². The molecule has 0 saturated heterocycles. The van der Waals surface area contributed by atoms with Crippen LogP contribution in [0.25, 0.3) is 0 Å². The number of aromatic hydroxyl groups is 1. The number of benzene rings is 2. The minimum Gasteiger partial charge on any atom is -0.506 e. The molecule has 2 aliphatic carbocycles. The lowest BCUT2D eigenvalue weighted by molar-refractivity contribution is 0.0968. The van der Waals surface area contributed by atoms with Crippen molar-refractivity contribution >= 4 is 21.5 Å². The van der Waals surface area contributed by atoms with Crippen molar-refractivity contribution in [1.29, 1.82) is 0 Å². The van der Waals surface area contributed by atoms with Crippen molar-refractivity contribution in [2.24, 2.45) is 5.92 Å². The van der Waals surface area contributed by atoms with Gasteiger partial charge in [-0.1, -0.05) is 18.6 Å². The first-order valence-electron chi connectivity index (χ1n) is 12.5. The van der Waals surface area contributed by atoms with Crippen LogP contribution in [0.2, 0.25) is 0 Å². The molecular weight excluding hydrogens is 494 g/mol. The Morgan fingerprint density at radius 3 is 2.46 bits per heavy atom. The van der Waals surface area contributed by atoms with Crippen LogP contribution in [0.4, 0.5) is 5.69 Å². The first kappa shape index (κ1) is 25.1. The van der Waals surface area contributed by atoms with E-state index >= 15 is 0 Å². The average molecular weight is 524 g/mol. The first-order valence-corrected chi connectivity index (χ1v) is 14.0. The van der Waals surface area contributed by atoms with Crippen LogP contribution in [0, 0.1) is 5.92 Å². The van der Waals surface area contributed by atoms with Gasteiger partial charge in [-0.2, -0.15) is 0 Å². The molecule has 1 saturated carbocycles. The van der Waals surface area contributed by atoms with Crippen molar-refractivity contribution in [2.75, 3.05) is 11.8 Å². The van der Waals surface area contributed by atoms with Gasteiger partial charge in [0.05, 0.1) is 23.1 Å². The number of carbonyl (C=O) groups is 1. The van der Waals surface area contributed by atoms with Crippen LogP contribution in [0.5, 0.6) is 11.5 Å². The summed E-state index contributed by atoms with van der Waals surface area (Å²) < 4.78 is 39.3. The van der Waals surface area contributed by atoms with E-state index in [1.54, 1.807) is 36.4 Å². The van der Waals surface area contributed by atoms with Crippen LogP contribution in [0.3, 0.4) is 0 Å². The molecule has 8 nitrogen and oxygen atoms in total. The molecule has 5 rings (SSSR count). The molecule has 0 bridgehead atoms. The van der Waals surface area contributed by atoms with Crippen molar-refractivity contribution in [3.8, 4) is 11.5 Å². The molecule has 0 spiro atoms. The Hall–Kier alpha value is -3.59. The van der Waals surface area contributed by atoms with Gasteiger partial charge in [-0.3, -0.25) is 9.52 Å². The number of hydrogen-bond donors (Lipinski definition) is 2. The highest BCUT2D eigenvalue weighted by Gasteiger charge is 2.39. The summed E-state index contributed by atoms with van der Waals surface area (Å²) in [5.41, 5.74) is 0.538. The predicted octanol–water partition coefficient (Wildman–Crippen LogP) is 5.00. The quantitative estimate of drug-likeness (QED) is 0.447. The van der Waals surface area contributed by atoms with Gasteiger partial charge in [-0.05, 0) is 73.6 Å². The maximum Gasteiger partial charge on any atom is 0.343 e. The molecule has 1 aromatic heterocycles. The Morgan fingerprint density at radius 2 is 1.76 bits per heavy atom. The third kappa shape index (κ3) is 5.13. The van der Waals surface area contributed by atoms with Gasteiger partial charge in [-0.25, -0.2) is 13.2 Å². The number of aryl methyl sites for hydroxylation is 1. The maximum absolute atomic E-state index is 13.2. The van der Waals surface area contributed by atoms with Crippen molar-refractivity contribution in [3.63, 3.8) is 0 Å². The van der Waals surface area contributed by atoms with Gasteiger partial charge < -0.3 is 14.3 Å². The zero-order valence-electron chi connectivity index (χ0n) is 20.5. The molecule has 0 amide bonds. The summed E-state index contributed by atoms with van der Waals surface area (Å²) in [6, 6.07) is 12.8. The Morgan fingerprint density at radius 1 is 1.03 bits per heavy atom. The topological polar surface area (TPSA) is 123 Å². The van der Waals surface area contributed by atoms with Crippen LogP contribution in [-0.2, 0) is 16.4 Å². The van der Waals surface area contributed by atoms with Crippen LogP contribution >= 0.6 is 0 Å². The molecule has 1 unspecified atom stereocenters. The molecule has 3 aromatic rings. The fraction of sp³-hybridized carbons (Fsp3) is 0.357.